The number of rotatable bonds is 14. The first-order valence-corrected chi connectivity index (χ1v) is 42.3. The molecule has 34 nitrogen and oxygen atoms in total. The number of β-amino-alcohol motifs (C(OH)–C–C–N with tert-alkyl or cyclic N) is 3. The molecule has 5 fully saturated rings. The molecule has 0 unspecified atom stereocenters. The van der Waals surface area contributed by atoms with E-state index in [1.165, 1.54) is 37.6 Å². The highest BCUT2D eigenvalue weighted by Gasteiger charge is 2.36. The fraction of sp³-hybridized carbons (Fsp3) is 0.391. The van der Waals surface area contributed by atoms with Gasteiger partial charge in [0.2, 0.25) is 11.4 Å². The molecule has 4 amide bonds. The van der Waals surface area contributed by atoms with E-state index in [1.807, 2.05) is 137 Å². The molecule has 5 aromatic carbocycles. The first-order valence-electron chi connectivity index (χ1n) is 40.5. The SMILES string of the molecule is C[C@@H]1CC[C@H](O)CN1.C[C@@H]1CC[C@H](O)CN1C(=O)OCc1ccccc1.C[C@@H]1CC[C@H](O)CN1C(=O)c1ccccc1-n1nccn1.C[C@@H]1CC[C@H](OS(C)(=O)=O)CN1C(=O)c1ccccc1-n1nccn1.Cc1cc[nH]c(=O)c1.Cc1ccnc(O[C@@H]2CC[C@@H](C)N(C(=O)c3ccccc3-n3nccn3)C2)c1.O=C(O)c1ccccc1-n1nccn1. The van der Waals surface area contributed by atoms with Gasteiger partial charge < -0.3 is 59.8 Å². The Bertz CT molecular complexity index is 5260. The number of benzene rings is 5. The van der Waals surface area contributed by atoms with Gasteiger partial charge in [0, 0.05) is 74.4 Å². The number of H-pyrrole nitrogens is 1. The van der Waals surface area contributed by atoms with E-state index in [2.05, 4.69) is 69.9 Å². The Labute approximate surface area is 708 Å². The number of nitrogens with one attached hydrogen (secondary N) is 2. The van der Waals surface area contributed by atoms with Crippen LogP contribution < -0.4 is 15.6 Å². The summed E-state index contributed by atoms with van der Waals surface area (Å²) in [6, 6.07) is 46.2. The summed E-state index contributed by atoms with van der Waals surface area (Å²) in [5.74, 6) is -0.701. The molecule has 10 atom stereocenters. The van der Waals surface area contributed by atoms with Gasteiger partial charge >= 0.3 is 12.1 Å². The molecule has 35 heteroatoms. The number of aliphatic hydroxyl groups is 3. The average molecular weight is 1690 g/mol. The minimum Gasteiger partial charge on any atom is -0.478 e. The molecule has 0 spiro atoms. The third-order valence-electron chi connectivity index (χ3n) is 20.7. The van der Waals surface area contributed by atoms with Crippen molar-refractivity contribution in [3.05, 3.63) is 263 Å². The molecule has 646 valence electrons. The lowest BCUT2D eigenvalue weighted by atomic mass is 9.99. The highest BCUT2D eigenvalue weighted by molar-refractivity contribution is 7.86. The number of aromatic nitrogens is 14. The number of aromatic amines is 1. The normalized spacial score (nSPS) is 20.5. The number of aliphatic hydroxyl groups excluding tert-OH is 3. The van der Waals surface area contributed by atoms with E-state index in [0.29, 0.717) is 83.8 Å². The summed E-state index contributed by atoms with van der Waals surface area (Å²) in [4.78, 5) is 91.7. The topological polar surface area (TPSA) is 422 Å². The van der Waals surface area contributed by atoms with Crippen molar-refractivity contribution in [2.24, 2.45) is 0 Å². The second-order valence-electron chi connectivity index (χ2n) is 30.3. The van der Waals surface area contributed by atoms with E-state index < -0.39 is 34.4 Å². The van der Waals surface area contributed by atoms with Crippen LogP contribution in [-0.4, -0.2) is 248 Å². The number of nitrogens with zero attached hydrogens (tertiary/aromatic N) is 17. The smallest absolute Gasteiger partial charge is 0.410 e. The summed E-state index contributed by atoms with van der Waals surface area (Å²) in [6.45, 7) is 16.6. The second kappa shape index (κ2) is 45.2. The van der Waals surface area contributed by atoms with Crippen molar-refractivity contribution in [2.45, 2.75) is 180 Å². The molecule has 0 bridgehead atoms. The van der Waals surface area contributed by atoms with Gasteiger partial charge in [-0.15, -0.1) is 0 Å². The molecular formula is C87H107N19O15S. The molecule has 11 heterocycles. The largest absolute Gasteiger partial charge is 0.478 e. The number of pyridine rings is 2. The van der Waals surface area contributed by atoms with Crippen molar-refractivity contribution in [1.82, 2.24) is 94.9 Å². The maximum absolute atomic E-state index is 13.4. The quantitative estimate of drug-likeness (QED) is 0.0552. The molecule has 0 radical (unpaired) electrons. The maximum atomic E-state index is 13.4. The molecule has 6 N–H and O–H groups in total. The number of aryl methyl sites for hydroxylation is 2. The Morgan fingerprint density at radius 3 is 1.24 bits per heavy atom. The lowest BCUT2D eigenvalue weighted by Gasteiger charge is -2.38. The highest BCUT2D eigenvalue weighted by Crippen LogP contribution is 2.29. The highest BCUT2D eigenvalue weighted by atomic mass is 32.2. The Hall–Kier alpha value is -12.5. The van der Waals surface area contributed by atoms with Crippen molar-refractivity contribution in [3.63, 3.8) is 0 Å². The van der Waals surface area contributed by atoms with Gasteiger partial charge in [-0.2, -0.15) is 68.4 Å². The van der Waals surface area contributed by atoms with Crippen molar-refractivity contribution in [1.29, 1.82) is 0 Å². The summed E-state index contributed by atoms with van der Waals surface area (Å²) in [5, 5.41) is 72.9. The first kappa shape index (κ1) is 91.8. The lowest BCUT2D eigenvalue weighted by molar-refractivity contribution is 0.0248. The molecule has 5 saturated heterocycles. The van der Waals surface area contributed by atoms with Crippen LogP contribution in [0.4, 0.5) is 4.79 Å². The number of carboxylic acids is 1. The van der Waals surface area contributed by atoms with Gasteiger partial charge in [0.1, 0.15) is 18.4 Å². The summed E-state index contributed by atoms with van der Waals surface area (Å²) < 4.78 is 39.2. The number of ether oxygens (including phenoxy) is 2. The van der Waals surface area contributed by atoms with Crippen LogP contribution >= 0.6 is 0 Å². The van der Waals surface area contributed by atoms with Crippen LogP contribution in [0.1, 0.15) is 157 Å². The van der Waals surface area contributed by atoms with Crippen molar-refractivity contribution in [3.8, 4) is 28.6 Å². The van der Waals surface area contributed by atoms with Crippen LogP contribution in [0, 0.1) is 13.8 Å². The van der Waals surface area contributed by atoms with Gasteiger partial charge in [-0.3, -0.25) is 23.4 Å². The van der Waals surface area contributed by atoms with E-state index in [-0.39, 0.29) is 84.5 Å². The molecule has 122 heavy (non-hydrogen) atoms. The molecule has 6 aromatic heterocycles. The van der Waals surface area contributed by atoms with Gasteiger partial charge in [0.15, 0.2) is 0 Å². The van der Waals surface area contributed by atoms with E-state index in [4.69, 9.17) is 23.9 Å². The molecule has 16 rings (SSSR count). The Kier molecular flexibility index (Phi) is 34.0. The number of hydrogen-bond donors (Lipinski definition) is 6. The van der Waals surface area contributed by atoms with Crippen LogP contribution in [0.5, 0.6) is 5.88 Å². The minimum atomic E-state index is -3.56. The van der Waals surface area contributed by atoms with E-state index in [1.54, 1.807) is 113 Å². The lowest BCUT2D eigenvalue weighted by Crippen LogP contribution is -2.49. The molecule has 5 aliphatic heterocycles. The van der Waals surface area contributed by atoms with Gasteiger partial charge in [0.05, 0.1) is 133 Å². The zero-order valence-corrected chi connectivity index (χ0v) is 70.4. The molecule has 5 aliphatic rings. The Balaban J connectivity index is 0.000000155. The maximum Gasteiger partial charge on any atom is 0.410 e. The number of para-hydroxylation sites is 4. The van der Waals surface area contributed by atoms with Crippen molar-refractivity contribution in [2.75, 3.05) is 39.0 Å². The molecular weight excluding hydrogens is 1580 g/mol. The Morgan fingerprint density at radius 1 is 0.443 bits per heavy atom. The van der Waals surface area contributed by atoms with E-state index >= 15 is 0 Å². The number of carbonyl (C=O) groups is 5. The zero-order chi connectivity index (χ0) is 87.2. The predicted octanol–water partition coefficient (Wildman–Crippen LogP) is 9.47. The fourth-order valence-electron chi connectivity index (χ4n) is 14.1. The van der Waals surface area contributed by atoms with E-state index in [0.717, 1.165) is 80.9 Å². The van der Waals surface area contributed by atoms with Gasteiger partial charge in [-0.05, 0) is 190 Å². The number of piperidine rings is 5. The summed E-state index contributed by atoms with van der Waals surface area (Å²) in [6.07, 6.45) is 23.2. The number of carbonyl (C=O) groups excluding carboxylic acids is 4. The van der Waals surface area contributed by atoms with Crippen LogP contribution in [0.2, 0.25) is 0 Å². The second-order valence-corrected chi connectivity index (χ2v) is 31.9. The fourth-order valence-corrected chi connectivity index (χ4v) is 14.7. The average Bonchev–Trinajstić information content (AvgIpc) is 1.25. The summed E-state index contributed by atoms with van der Waals surface area (Å²) in [5.41, 5.74) is 7.18. The van der Waals surface area contributed by atoms with Gasteiger partial charge in [0.25, 0.3) is 27.8 Å². The van der Waals surface area contributed by atoms with Crippen LogP contribution in [0.25, 0.3) is 22.7 Å². The molecule has 11 aromatic rings. The first-order chi connectivity index (χ1) is 58.7. The molecule has 0 saturated carbocycles. The van der Waals surface area contributed by atoms with E-state index in [9.17, 15) is 47.4 Å². The van der Waals surface area contributed by atoms with Crippen LogP contribution in [-0.2, 0) is 25.6 Å². The monoisotopic (exact) mass is 1690 g/mol. The number of amides is 4. The number of likely N-dealkylation sites (tertiary alicyclic amines) is 4. The van der Waals surface area contributed by atoms with Crippen molar-refractivity contribution < 1.29 is 66.5 Å². The molecule has 0 aliphatic carbocycles. The summed E-state index contributed by atoms with van der Waals surface area (Å²) in [7, 11) is -3.56. The third-order valence-corrected chi connectivity index (χ3v) is 21.4. The third kappa shape index (κ3) is 27.2. The zero-order valence-electron chi connectivity index (χ0n) is 69.6. The standard InChI is InChI=1S/C21H23N5O2.C16H20N4O4S.C15H18N4O2.C14H19NO3.C9H7N3O2.C6H13NO.C6H7NO/c1-15-9-10-22-20(13-15)28-17-8-7-16(2)25(14-17)21(27)18-5-3-4-6-19(18)26-23-11-12-24-26;1-12-7-8-13(24-25(2,22)23)11-19(12)16(21)14-5-3-4-6-15(14)20-17-9-10-18-20;1-11-6-7-12(20)10-18(11)15(21)13-4-2-3-5-14(13)19-16-8-9-17-19;1-11-7-8-13(16)9-15(11)14(17)18-10-12-5-3-2-4-6-12;13-9(14)7-3-1-2-4-8(7)12-10-5-6-11-12;1-5-2-3-6(8)4-7-5;1-5-2-3-7-6(8)4-5/h3-6,9-13,16-17H,7-8,14H2,1-2H3;3-6,9-10,12-13H,7-8,11H2,1-2H3;2-5,8-9,11-12,20H,6-7,10H2,1H3;2-6,11,13,16H,7-10H2,1H3;1-6H,(H,13,14);5-8H,2-4H2,1H3;2-4H,1H3,(H,7,8)/t16-,17-;12-,13+;11-,12+;11-,13+;;5-,6+;/m1111.1./s1. The van der Waals surface area contributed by atoms with Crippen LogP contribution in [0.3, 0.4) is 0 Å². The number of carboxylic acid groups (broad SMARTS) is 1. The van der Waals surface area contributed by atoms with Gasteiger partial charge in [-0.25, -0.2) is 14.6 Å². The minimum absolute atomic E-state index is 0.00875. The Morgan fingerprint density at radius 2 is 0.828 bits per heavy atom. The van der Waals surface area contributed by atoms with Gasteiger partial charge in [-0.1, -0.05) is 78.9 Å². The number of aromatic carboxylic acids is 1. The van der Waals surface area contributed by atoms with Crippen molar-refractivity contribution >= 4 is 39.9 Å². The van der Waals surface area contributed by atoms with Crippen LogP contribution in [0.15, 0.2) is 218 Å². The number of hydrogen-bond acceptors (Lipinski definition) is 24. The predicted molar refractivity (Wildman–Crippen MR) is 453 cm³/mol. The summed E-state index contributed by atoms with van der Waals surface area (Å²) >= 11 is 0.